The summed E-state index contributed by atoms with van der Waals surface area (Å²) < 4.78 is 6.89. The van der Waals surface area contributed by atoms with Crippen molar-refractivity contribution in [2.75, 3.05) is 7.11 Å². The van der Waals surface area contributed by atoms with Gasteiger partial charge in [-0.3, -0.25) is 4.68 Å². The van der Waals surface area contributed by atoms with E-state index in [1.807, 2.05) is 24.3 Å². The Bertz CT molecular complexity index is 661. The van der Waals surface area contributed by atoms with Crippen molar-refractivity contribution in [3.8, 4) is 5.75 Å². The molecule has 1 aliphatic carbocycles. The summed E-state index contributed by atoms with van der Waals surface area (Å²) in [5.41, 5.74) is 3.08. The van der Waals surface area contributed by atoms with Crippen LogP contribution >= 0.6 is 0 Å². The molecule has 0 saturated carbocycles. The largest absolute Gasteiger partial charge is 0.496 e. The number of nitrogens with zero attached hydrogens (tertiary/aromatic N) is 2. The zero-order valence-electron chi connectivity index (χ0n) is 11.3. The van der Waals surface area contributed by atoms with Gasteiger partial charge >= 0.3 is 5.97 Å². The van der Waals surface area contributed by atoms with Crippen LogP contribution in [0.25, 0.3) is 0 Å². The van der Waals surface area contributed by atoms with E-state index in [0.717, 1.165) is 41.8 Å². The van der Waals surface area contributed by atoms with Gasteiger partial charge in [-0.2, -0.15) is 5.10 Å². The van der Waals surface area contributed by atoms with Gasteiger partial charge in [-0.05, 0) is 25.3 Å². The number of para-hydroxylation sites is 1. The number of aromatic nitrogens is 2. The van der Waals surface area contributed by atoms with E-state index in [-0.39, 0.29) is 0 Å². The lowest BCUT2D eigenvalue weighted by Crippen LogP contribution is -2.13. The Hall–Kier alpha value is -2.30. The number of methoxy groups -OCH3 is 1. The second-order valence-corrected chi connectivity index (χ2v) is 4.90. The lowest BCUT2D eigenvalue weighted by molar-refractivity contribution is 0.0682. The zero-order chi connectivity index (χ0) is 14.1. The standard InChI is InChI=1S/C15H16N2O3/c1-20-13-8-3-2-5-10(13)9-17-14(15(18)19)11-6-4-7-12(11)16-17/h2-3,5,8H,4,6-7,9H2,1H3,(H,18,19). The molecule has 1 aromatic heterocycles. The minimum absolute atomic E-state index is 0.323. The lowest BCUT2D eigenvalue weighted by Gasteiger charge is -2.10. The topological polar surface area (TPSA) is 64.4 Å². The second kappa shape index (κ2) is 5.00. The number of fused-ring (bicyclic) bond motifs is 1. The molecule has 0 unspecified atom stereocenters. The molecule has 104 valence electrons. The highest BCUT2D eigenvalue weighted by molar-refractivity contribution is 5.88. The van der Waals surface area contributed by atoms with Crippen molar-refractivity contribution in [2.45, 2.75) is 25.8 Å². The van der Waals surface area contributed by atoms with E-state index in [1.165, 1.54) is 0 Å². The summed E-state index contributed by atoms with van der Waals surface area (Å²) in [6, 6.07) is 7.60. The third-order valence-electron chi connectivity index (χ3n) is 3.69. The Morgan fingerprint density at radius 1 is 1.40 bits per heavy atom. The monoisotopic (exact) mass is 272 g/mol. The quantitative estimate of drug-likeness (QED) is 0.926. The molecule has 1 heterocycles. The van der Waals surface area contributed by atoms with Crippen LogP contribution in [0.5, 0.6) is 5.75 Å². The molecule has 0 fully saturated rings. The van der Waals surface area contributed by atoms with E-state index >= 15 is 0 Å². The summed E-state index contributed by atoms with van der Waals surface area (Å²) in [5.74, 6) is -0.157. The third kappa shape index (κ3) is 2.05. The molecule has 0 bridgehead atoms. The van der Waals surface area contributed by atoms with Crippen LogP contribution in [-0.2, 0) is 19.4 Å². The highest BCUT2D eigenvalue weighted by Crippen LogP contribution is 2.26. The van der Waals surface area contributed by atoms with Crippen molar-refractivity contribution >= 4 is 5.97 Å². The van der Waals surface area contributed by atoms with Crippen molar-refractivity contribution < 1.29 is 14.6 Å². The van der Waals surface area contributed by atoms with Crippen LogP contribution in [0.3, 0.4) is 0 Å². The first kappa shape index (κ1) is 12.7. The van der Waals surface area contributed by atoms with Gasteiger partial charge in [-0.1, -0.05) is 18.2 Å². The van der Waals surface area contributed by atoms with Crippen LogP contribution in [0.4, 0.5) is 0 Å². The smallest absolute Gasteiger partial charge is 0.354 e. The number of aromatic carboxylic acids is 1. The van der Waals surface area contributed by atoms with Crippen LogP contribution in [0.15, 0.2) is 24.3 Å². The van der Waals surface area contributed by atoms with Crippen LogP contribution in [-0.4, -0.2) is 28.0 Å². The van der Waals surface area contributed by atoms with Gasteiger partial charge in [0, 0.05) is 11.1 Å². The van der Waals surface area contributed by atoms with Crippen LogP contribution in [0.2, 0.25) is 0 Å². The number of hydrogen-bond donors (Lipinski definition) is 1. The number of benzene rings is 1. The average Bonchev–Trinajstić information content (AvgIpc) is 2.99. The molecule has 5 heteroatoms. The van der Waals surface area contributed by atoms with E-state index in [0.29, 0.717) is 12.2 Å². The van der Waals surface area contributed by atoms with E-state index in [2.05, 4.69) is 5.10 Å². The maximum Gasteiger partial charge on any atom is 0.354 e. The number of hydrogen-bond acceptors (Lipinski definition) is 3. The molecule has 1 aliphatic rings. The molecule has 0 radical (unpaired) electrons. The van der Waals surface area contributed by atoms with E-state index in [1.54, 1.807) is 11.8 Å². The molecule has 0 atom stereocenters. The van der Waals surface area contributed by atoms with E-state index in [9.17, 15) is 9.90 Å². The second-order valence-electron chi connectivity index (χ2n) is 4.90. The molecule has 1 N–H and O–H groups in total. The van der Waals surface area contributed by atoms with Crippen LogP contribution < -0.4 is 4.74 Å². The molecule has 1 aromatic carbocycles. The molecule has 3 rings (SSSR count). The Morgan fingerprint density at radius 3 is 2.95 bits per heavy atom. The Morgan fingerprint density at radius 2 is 2.20 bits per heavy atom. The molecule has 2 aromatic rings. The van der Waals surface area contributed by atoms with Crippen molar-refractivity contribution in [1.82, 2.24) is 9.78 Å². The van der Waals surface area contributed by atoms with Gasteiger partial charge in [0.2, 0.25) is 0 Å². The number of carbonyl (C=O) groups is 1. The number of ether oxygens (including phenoxy) is 1. The fraction of sp³-hybridized carbons (Fsp3) is 0.333. The molecule has 0 amide bonds. The summed E-state index contributed by atoms with van der Waals surface area (Å²) in [7, 11) is 1.61. The molecular weight excluding hydrogens is 256 g/mol. The third-order valence-corrected chi connectivity index (χ3v) is 3.69. The van der Waals surface area contributed by atoms with Gasteiger partial charge < -0.3 is 9.84 Å². The molecule has 20 heavy (non-hydrogen) atoms. The summed E-state index contributed by atoms with van der Waals surface area (Å²) >= 11 is 0. The molecule has 0 aliphatic heterocycles. The number of carboxylic acid groups (broad SMARTS) is 1. The minimum atomic E-state index is -0.907. The summed E-state index contributed by atoms with van der Waals surface area (Å²) in [4.78, 5) is 11.5. The minimum Gasteiger partial charge on any atom is -0.496 e. The van der Waals surface area contributed by atoms with Gasteiger partial charge in [0.15, 0.2) is 0 Å². The number of rotatable bonds is 4. The molecule has 0 spiro atoms. The van der Waals surface area contributed by atoms with E-state index < -0.39 is 5.97 Å². The predicted molar refractivity (Wildman–Crippen MR) is 73.3 cm³/mol. The first-order valence-electron chi connectivity index (χ1n) is 6.64. The average molecular weight is 272 g/mol. The molecular formula is C15H16N2O3. The Balaban J connectivity index is 2.01. The summed E-state index contributed by atoms with van der Waals surface area (Å²) in [6.45, 7) is 0.415. The number of carboxylic acids is 1. The zero-order valence-corrected chi connectivity index (χ0v) is 11.3. The molecule has 5 nitrogen and oxygen atoms in total. The van der Waals surface area contributed by atoms with Crippen molar-refractivity contribution in [3.63, 3.8) is 0 Å². The summed E-state index contributed by atoms with van der Waals surface area (Å²) in [6.07, 6.45) is 2.67. The van der Waals surface area contributed by atoms with Gasteiger partial charge in [-0.15, -0.1) is 0 Å². The fourth-order valence-electron chi connectivity index (χ4n) is 2.79. The van der Waals surface area contributed by atoms with Crippen molar-refractivity contribution in [1.29, 1.82) is 0 Å². The van der Waals surface area contributed by atoms with Gasteiger partial charge in [0.1, 0.15) is 11.4 Å². The lowest BCUT2D eigenvalue weighted by atomic mass is 10.1. The molecule has 0 saturated heterocycles. The normalized spacial score (nSPS) is 13.2. The highest BCUT2D eigenvalue weighted by Gasteiger charge is 2.26. The SMILES string of the molecule is COc1ccccc1Cn1nc2c(c1C(=O)O)CCC2. The van der Waals surface area contributed by atoms with Crippen LogP contribution in [0, 0.1) is 0 Å². The van der Waals surface area contributed by atoms with E-state index in [4.69, 9.17) is 4.74 Å². The van der Waals surface area contributed by atoms with Crippen LogP contribution in [0.1, 0.15) is 33.7 Å². The predicted octanol–water partition coefficient (Wildman–Crippen LogP) is 2.13. The number of aryl methyl sites for hydroxylation is 1. The van der Waals surface area contributed by atoms with Gasteiger partial charge in [-0.25, -0.2) is 4.79 Å². The highest BCUT2D eigenvalue weighted by atomic mass is 16.5. The summed E-state index contributed by atoms with van der Waals surface area (Å²) in [5, 5.41) is 13.9. The van der Waals surface area contributed by atoms with Crippen molar-refractivity contribution in [2.24, 2.45) is 0 Å². The first-order chi connectivity index (χ1) is 9.70. The van der Waals surface area contributed by atoms with Gasteiger partial charge in [0.25, 0.3) is 0 Å². The maximum absolute atomic E-state index is 11.5. The maximum atomic E-state index is 11.5. The Labute approximate surface area is 116 Å². The van der Waals surface area contributed by atoms with Crippen molar-refractivity contribution in [3.05, 3.63) is 46.8 Å². The Kier molecular flexibility index (Phi) is 3.18. The van der Waals surface area contributed by atoms with Gasteiger partial charge in [0.05, 0.1) is 19.3 Å². The fourth-order valence-corrected chi connectivity index (χ4v) is 2.79. The first-order valence-corrected chi connectivity index (χ1v) is 6.64.